The van der Waals surface area contributed by atoms with Gasteiger partial charge in [0.15, 0.2) is 5.66 Å². The number of hydrogen-bond donors (Lipinski definition) is 0. The van der Waals surface area contributed by atoms with Crippen molar-refractivity contribution in [1.29, 1.82) is 0 Å². The van der Waals surface area contributed by atoms with Crippen LogP contribution in [0.3, 0.4) is 0 Å². The Morgan fingerprint density at radius 3 is 1.81 bits per heavy atom. The molecule has 0 aromatic carbocycles. The highest BCUT2D eigenvalue weighted by Crippen LogP contribution is 2.32. The molecule has 0 aromatic rings. The second-order valence-corrected chi connectivity index (χ2v) is 4.70. The van der Waals surface area contributed by atoms with E-state index < -0.39 is 0 Å². The van der Waals surface area contributed by atoms with Gasteiger partial charge in [0.1, 0.15) is 0 Å². The second kappa shape index (κ2) is 6.17. The van der Waals surface area contributed by atoms with Gasteiger partial charge in [0.2, 0.25) is 0 Å². The summed E-state index contributed by atoms with van der Waals surface area (Å²) in [6.07, 6.45) is 7.87. The molecule has 92 valence electrons. The number of aliphatic imine (C=N–C) groups is 2. The molecule has 1 aliphatic heterocycles. The van der Waals surface area contributed by atoms with Gasteiger partial charge in [0.25, 0.3) is 0 Å². The zero-order valence-corrected chi connectivity index (χ0v) is 11.3. The fraction of sp³-hybridized carbons (Fsp3) is 0.857. The minimum absolute atomic E-state index is 0.0840. The Kier molecular flexibility index (Phi) is 5.17. The summed E-state index contributed by atoms with van der Waals surface area (Å²) in [6, 6.07) is 0. The highest BCUT2D eigenvalue weighted by Gasteiger charge is 2.33. The van der Waals surface area contributed by atoms with Crippen LogP contribution >= 0.6 is 0 Å². The minimum Gasteiger partial charge on any atom is -0.258 e. The Balaban J connectivity index is 2.90. The van der Waals surface area contributed by atoms with Gasteiger partial charge in [-0.15, -0.1) is 0 Å². The van der Waals surface area contributed by atoms with Crippen LogP contribution in [0.25, 0.3) is 0 Å². The van der Waals surface area contributed by atoms with Crippen molar-refractivity contribution in [3.63, 3.8) is 0 Å². The normalized spacial score (nSPS) is 18.5. The van der Waals surface area contributed by atoms with E-state index in [0.717, 1.165) is 25.7 Å². The minimum atomic E-state index is -0.0840. The molecule has 1 aliphatic rings. The van der Waals surface area contributed by atoms with Crippen LogP contribution in [0.2, 0.25) is 0 Å². The van der Waals surface area contributed by atoms with E-state index in [1.54, 1.807) is 0 Å². The van der Waals surface area contributed by atoms with E-state index in [1.165, 1.54) is 30.7 Å². The summed E-state index contributed by atoms with van der Waals surface area (Å²) in [6.45, 7) is 8.87. The monoisotopic (exact) mass is 222 g/mol. The van der Waals surface area contributed by atoms with Crippen molar-refractivity contribution < 1.29 is 0 Å². The first-order chi connectivity index (χ1) is 7.71. The summed E-state index contributed by atoms with van der Waals surface area (Å²) in [7, 11) is 0. The van der Waals surface area contributed by atoms with E-state index in [-0.39, 0.29) is 5.66 Å². The van der Waals surface area contributed by atoms with E-state index in [0.29, 0.717) is 0 Å². The topological polar surface area (TPSA) is 24.7 Å². The van der Waals surface area contributed by atoms with Gasteiger partial charge in [-0.25, -0.2) is 0 Å². The van der Waals surface area contributed by atoms with Gasteiger partial charge in [-0.05, 0) is 25.7 Å². The molecule has 0 saturated heterocycles. The summed E-state index contributed by atoms with van der Waals surface area (Å²) in [4.78, 5) is 9.88. The molecule has 0 aliphatic carbocycles. The Labute approximate surface area is 100 Å². The fourth-order valence-electron chi connectivity index (χ4n) is 2.53. The van der Waals surface area contributed by atoms with Crippen molar-refractivity contribution in [2.75, 3.05) is 0 Å². The molecule has 0 atom stereocenters. The third-order valence-corrected chi connectivity index (χ3v) is 3.14. The molecule has 16 heavy (non-hydrogen) atoms. The van der Waals surface area contributed by atoms with Crippen LogP contribution in [0, 0.1) is 0 Å². The molecule has 0 unspecified atom stereocenters. The maximum Gasteiger partial charge on any atom is 0.150 e. The molecule has 0 N–H and O–H groups in total. The van der Waals surface area contributed by atoms with Crippen LogP contribution in [0.4, 0.5) is 0 Å². The van der Waals surface area contributed by atoms with E-state index in [2.05, 4.69) is 27.7 Å². The molecular weight excluding hydrogens is 196 g/mol. The van der Waals surface area contributed by atoms with Gasteiger partial charge >= 0.3 is 0 Å². The summed E-state index contributed by atoms with van der Waals surface area (Å²) >= 11 is 0. The highest BCUT2D eigenvalue weighted by molar-refractivity contribution is 6.43. The van der Waals surface area contributed by atoms with Gasteiger partial charge in [0.05, 0.1) is 11.4 Å². The van der Waals surface area contributed by atoms with Crippen LogP contribution in [0.15, 0.2) is 9.98 Å². The summed E-state index contributed by atoms with van der Waals surface area (Å²) in [5, 5.41) is 0. The molecule has 1 rings (SSSR count). The Bertz CT molecular complexity index is 270. The van der Waals surface area contributed by atoms with Crippen molar-refractivity contribution in [2.24, 2.45) is 9.98 Å². The maximum atomic E-state index is 4.95. The van der Waals surface area contributed by atoms with Gasteiger partial charge in [-0.1, -0.05) is 47.0 Å². The molecule has 0 radical (unpaired) electrons. The lowest BCUT2D eigenvalue weighted by molar-refractivity contribution is 0.384. The van der Waals surface area contributed by atoms with Crippen LogP contribution in [-0.2, 0) is 0 Å². The first-order valence-corrected chi connectivity index (χ1v) is 6.89. The predicted octanol–water partition coefficient (Wildman–Crippen LogP) is 4.39. The summed E-state index contributed by atoms with van der Waals surface area (Å²) < 4.78 is 0. The third-order valence-electron chi connectivity index (χ3n) is 3.14. The molecule has 0 amide bonds. The lowest BCUT2D eigenvalue weighted by atomic mass is 10.0. The molecule has 1 heterocycles. The Morgan fingerprint density at radius 2 is 1.38 bits per heavy atom. The molecule has 2 nitrogen and oxygen atoms in total. The van der Waals surface area contributed by atoms with Crippen LogP contribution in [-0.4, -0.2) is 17.1 Å². The van der Waals surface area contributed by atoms with Crippen molar-refractivity contribution >= 4 is 11.4 Å². The zero-order valence-electron chi connectivity index (χ0n) is 11.3. The smallest absolute Gasteiger partial charge is 0.150 e. The highest BCUT2D eigenvalue weighted by atomic mass is 15.1. The summed E-state index contributed by atoms with van der Waals surface area (Å²) in [5.41, 5.74) is 2.47. The van der Waals surface area contributed by atoms with E-state index >= 15 is 0 Å². The fourth-order valence-corrected chi connectivity index (χ4v) is 2.53. The average molecular weight is 222 g/mol. The second-order valence-electron chi connectivity index (χ2n) is 4.70. The quantitative estimate of drug-likeness (QED) is 0.610. The molecule has 2 heteroatoms. The van der Waals surface area contributed by atoms with Crippen LogP contribution in [0.5, 0.6) is 0 Å². The van der Waals surface area contributed by atoms with E-state index in [4.69, 9.17) is 9.98 Å². The number of rotatable bonds is 7. The van der Waals surface area contributed by atoms with Gasteiger partial charge in [-0.2, -0.15) is 0 Å². The van der Waals surface area contributed by atoms with E-state index in [9.17, 15) is 0 Å². The lowest BCUT2D eigenvalue weighted by Crippen LogP contribution is -2.21. The number of nitrogens with zero attached hydrogens (tertiary/aromatic N) is 2. The van der Waals surface area contributed by atoms with Crippen molar-refractivity contribution in [3.05, 3.63) is 0 Å². The molecular formula is C14H26N2. The van der Waals surface area contributed by atoms with Crippen molar-refractivity contribution in [3.8, 4) is 0 Å². The molecule has 0 saturated carbocycles. The first kappa shape index (κ1) is 13.4. The third kappa shape index (κ3) is 2.93. The zero-order chi connectivity index (χ0) is 12.0. The summed E-state index contributed by atoms with van der Waals surface area (Å²) in [5.74, 6) is 0. The van der Waals surface area contributed by atoms with Gasteiger partial charge in [0, 0.05) is 0 Å². The van der Waals surface area contributed by atoms with Gasteiger partial charge < -0.3 is 0 Å². The number of hydrogen-bond acceptors (Lipinski definition) is 2. The molecule has 0 aromatic heterocycles. The van der Waals surface area contributed by atoms with Crippen LogP contribution in [0.1, 0.15) is 72.6 Å². The van der Waals surface area contributed by atoms with Crippen molar-refractivity contribution in [2.45, 2.75) is 78.3 Å². The maximum absolute atomic E-state index is 4.95. The standard InChI is InChI=1S/C14H26N2/c1-5-9-13-12(8-4)15-14(16-13,10-6-2)11-7-3/h5-11H2,1-4H3. The Morgan fingerprint density at radius 1 is 0.812 bits per heavy atom. The van der Waals surface area contributed by atoms with E-state index in [1.807, 2.05) is 0 Å². The predicted molar refractivity (Wildman–Crippen MR) is 72.6 cm³/mol. The Hall–Kier alpha value is -0.660. The molecule has 0 fully saturated rings. The molecule has 0 bridgehead atoms. The lowest BCUT2D eigenvalue weighted by Gasteiger charge is -2.21. The van der Waals surface area contributed by atoms with Gasteiger partial charge in [-0.3, -0.25) is 9.98 Å². The first-order valence-electron chi connectivity index (χ1n) is 6.89. The van der Waals surface area contributed by atoms with Crippen molar-refractivity contribution in [1.82, 2.24) is 0 Å². The SMILES string of the molecule is CCCC1=NC(CCC)(CCC)N=C1CC. The molecule has 0 spiro atoms. The largest absolute Gasteiger partial charge is 0.258 e. The average Bonchev–Trinajstić information content (AvgIpc) is 2.58. The van der Waals surface area contributed by atoms with Crippen LogP contribution < -0.4 is 0 Å².